The summed E-state index contributed by atoms with van der Waals surface area (Å²) in [6, 6.07) is 14.5. The highest BCUT2D eigenvalue weighted by Gasteiger charge is 2.05. The van der Waals surface area contributed by atoms with Gasteiger partial charge >= 0.3 is 0 Å². The summed E-state index contributed by atoms with van der Waals surface area (Å²) >= 11 is 5.18. The van der Waals surface area contributed by atoms with Gasteiger partial charge in [-0.2, -0.15) is 10.4 Å². The molecule has 0 saturated carbocycles. The average Bonchev–Trinajstić information content (AvgIpc) is 2.62. The first-order valence-electron chi connectivity index (χ1n) is 6.98. The van der Waals surface area contributed by atoms with Crippen molar-refractivity contribution >= 4 is 29.2 Å². The molecule has 0 saturated heterocycles. The van der Waals surface area contributed by atoms with Gasteiger partial charge in [0, 0.05) is 11.8 Å². The van der Waals surface area contributed by atoms with Crippen molar-refractivity contribution in [3.05, 3.63) is 53.6 Å². The van der Waals surface area contributed by atoms with E-state index in [1.54, 1.807) is 56.8 Å². The molecule has 2 aromatic carbocycles. The van der Waals surface area contributed by atoms with Crippen LogP contribution in [0.1, 0.15) is 11.1 Å². The van der Waals surface area contributed by atoms with E-state index in [2.05, 4.69) is 21.9 Å². The van der Waals surface area contributed by atoms with Gasteiger partial charge in [0.05, 0.1) is 32.1 Å². The Balaban J connectivity index is 1.93. The van der Waals surface area contributed by atoms with Crippen LogP contribution in [0.15, 0.2) is 47.6 Å². The van der Waals surface area contributed by atoms with Crippen LogP contribution >= 0.6 is 12.2 Å². The molecule has 2 aromatic rings. The number of benzene rings is 2. The van der Waals surface area contributed by atoms with E-state index in [-0.39, 0.29) is 0 Å². The van der Waals surface area contributed by atoms with Gasteiger partial charge in [-0.05, 0) is 42.0 Å². The topological polar surface area (TPSA) is 78.7 Å². The Bertz CT molecular complexity index is 782. The van der Waals surface area contributed by atoms with Crippen LogP contribution in [0.25, 0.3) is 0 Å². The minimum absolute atomic E-state index is 0.340. The Labute approximate surface area is 145 Å². The second kappa shape index (κ2) is 8.50. The van der Waals surface area contributed by atoms with Gasteiger partial charge in [0.15, 0.2) is 16.6 Å². The molecule has 0 fully saturated rings. The number of thiocarbonyl (C=S) groups is 1. The molecule has 2 rings (SSSR count). The Hall–Kier alpha value is -3.11. The number of hydrogen-bond acceptors (Lipinski definition) is 5. The maximum absolute atomic E-state index is 8.75. The number of hydrazone groups is 1. The Morgan fingerprint density at radius 3 is 2.46 bits per heavy atom. The van der Waals surface area contributed by atoms with Crippen LogP contribution in [0, 0.1) is 11.3 Å². The summed E-state index contributed by atoms with van der Waals surface area (Å²) in [4.78, 5) is 0. The molecule has 0 heterocycles. The lowest BCUT2D eigenvalue weighted by atomic mass is 10.2. The van der Waals surface area contributed by atoms with E-state index in [1.807, 2.05) is 6.07 Å². The molecule has 7 heteroatoms. The lowest BCUT2D eigenvalue weighted by Crippen LogP contribution is -2.23. The smallest absolute Gasteiger partial charge is 0.191 e. The summed E-state index contributed by atoms with van der Waals surface area (Å²) in [5, 5.41) is 16.1. The molecule has 0 spiro atoms. The van der Waals surface area contributed by atoms with Crippen LogP contribution in [0.2, 0.25) is 0 Å². The Kier molecular flexibility index (Phi) is 6.11. The van der Waals surface area contributed by atoms with Crippen molar-refractivity contribution in [3.63, 3.8) is 0 Å². The van der Waals surface area contributed by atoms with Gasteiger partial charge in [0.2, 0.25) is 0 Å². The van der Waals surface area contributed by atoms with Crippen molar-refractivity contribution in [2.45, 2.75) is 0 Å². The van der Waals surface area contributed by atoms with Crippen molar-refractivity contribution in [1.29, 1.82) is 5.26 Å². The normalized spacial score (nSPS) is 10.0. The number of nitrogens with zero attached hydrogens (tertiary/aromatic N) is 2. The van der Waals surface area contributed by atoms with Crippen molar-refractivity contribution in [2.75, 3.05) is 19.5 Å². The number of nitrogens with one attached hydrogen (secondary N) is 2. The van der Waals surface area contributed by atoms with Crippen molar-refractivity contribution in [3.8, 4) is 17.6 Å². The maximum atomic E-state index is 8.75. The Morgan fingerprint density at radius 2 is 1.83 bits per heavy atom. The summed E-state index contributed by atoms with van der Waals surface area (Å²) in [5.41, 5.74) is 4.94. The van der Waals surface area contributed by atoms with Crippen LogP contribution in [0.3, 0.4) is 0 Å². The molecular weight excluding hydrogens is 324 g/mol. The summed E-state index contributed by atoms with van der Waals surface area (Å²) in [6.07, 6.45) is 1.61. The van der Waals surface area contributed by atoms with Gasteiger partial charge in [0.25, 0.3) is 0 Å². The largest absolute Gasteiger partial charge is 0.493 e. The van der Waals surface area contributed by atoms with Crippen LogP contribution in [-0.2, 0) is 0 Å². The highest BCUT2D eigenvalue weighted by Crippen LogP contribution is 2.29. The quantitative estimate of drug-likeness (QED) is 0.495. The predicted molar refractivity (Wildman–Crippen MR) is 97.7 cm³/mol. The number of hydrogen-bond donors (Lipinski definition) is 2. The van der Waals surface area contributed by atoms with Crippen molar-refractivity contribution in [1.82, 2.24) is 5.43 Å². The van der Waals surface area contributed by atoms with Gasteiger partial charge in [-0.15, -0.1) is 0 Å². The summed E-state index contributed by atoms with van der Waals surface area (Å²) < 4.78 is 10.4. The number of anilines is 1. The monoisotopic (exact) mass is 340 g/mol. The molecule has 24 heavy (non-hydrogen) atoms. The fourth-order valence-electron chi connectivity index (χ4n) is 1.88. The second-order valence-electron chi connectivity index (χ2n) is 4.63. The van der Waals surface area contributed by atoms with E-state index < -0.39 is 0 Å². The number of methoxy groups -OCH3 is 2. The zero-order valence-corrected chi connectivity index (χ0v) is 14.1. The second-order valence-corrected chi connectivity index (χ2v) is 5.04. The van der Waals surface area contributed by atoms with E-state index in [0.717, 1.165) is 11.3 Å². The van der Waals surface area contributed by atoms with E-state index in [9.17, 15) is 0 Å². The van der Waals surface area contributed by atoms with Gasteiger partial charge in [-0.1, -0.05) is 12.1 Å². The zero-order valence-electron chi connectivity index (χ0n) is 13.2. The average molecular weight is 340 g/mol. The van der Waals surface area contributed by atoms with Crippen LogP contribution in [-0.4, -0.2) is 25.5 Å². The summed E-state index contributed by atoms with van der Waals surface area (Å²) in [6.45, 7) is 0. The first-order chi connectivity index (χ1) is 11.7. The minimum Gasteiger partial charge on any atom is -0.493 e. The number of ether oxygens (including phenoxy) is 2. The molecule has 0 radical (unpaired) electrons. The van der Waals surface area contributed by atoms with Gasteiger partial charge in [0.1, 0.15) is 0 Å². The lowest BCUT2D eigenvalue weighted by Gasteiger charge is -2.11. The van der Waals surface area contributed by atoms with Crippen molar-refractivity contribution in [2.24, 2.45) is 5.10 Å². The van der Waals surface area contributed by atoms with E-state index in [1.165, 1.54) is 0 Å². The SMILES string of the molecule is COc1ccc(NC(=S)NN=Cc2ccc(C#N)cc2)cc1OC. The van der Waals surface area contributed by atoms with Crippen LogP contribution in [0.5, 0.6) is 11.5 Å². The molecule has 0 aliphatic carbocycles. The third-order valence-corrected chi connectivity index (χ3v) is 3.25. The molecule has 0 aliphatic rings. The highest BCUT2D eigenvalue weighted by atomic mass is 32.1. The molecule has 0 bridgehead atoms. The molecule has 122 valence electrons. The first kappa shape index (κ1) is 17.2. The third-order valence-electron chi connectivity index (χ3n) is 3.06. The van der Waals surface area contributed by atoms with Gasteiger partial charge in [-0.3, -0.25) is 5.43 Å². The maximum Gasteiger partial charge on any atom is 0.191 e. The van der Waals surface area contributed by atoms with Crippen LogP contribution < -0.4 is 20.2 Å². The first-order valence-corrected chi connectivity index (χ1v) is 7.39. The number of rotatable bonds is 5. The van der Waals surface area contributed by atoms with E-state index in [4.69, 9.17) is 27.0 Å². The standard InChI is InChI=1S/C17H16N4O2S/c1-22-15-8-7-14(9-16(15)23-2)20-17(24)21-19-11-13-5-3-12(10-18)4-6-13/h3-9,11H,1-2H3,(H2,20,21,24). The fourth-order valence-corrected chi connectivity index (χ4v) is 2.05. The molecule has 0 amide bonds. The van der Waals surface area contributed by atoms with E-state index in [0.29, 0.717) is 22.2 Å². The van der Waals surface area contributed by atoms with Crippen LogP contribution in [0.4, 0.5) is 5.69 Å². The third kappa shape index (κ3) is 4.69. The fraction of sp³-hybridized carbons (Fsp3) is 0.118. The minimum atomic E-state index is 0.340. The lowest BCUT2D eigenvalue weighted by molar-refractivity contribution is 0.355. The number of nitriles is 1. The molecule has 6 nitrogen and oxygen atoms in total. The Morgan fingerprint density at radius 1 is 1.12 bits per heavy atom. The molecule has 2 N–H and O–H groups in total. The summed E-state index contributed by atoms with van der Waals surface area (Å²) in [5.74, 6) is 1.24. The highest BCUT2D eigenvalue weighted by molar-refractivity contribution is 7.80. The zero-order chi connectivity index (χ0) is 17.4. The van der Waals surface area contributed by atoms with Crippen molar-refractivity contribution < 1.29 is 9.47 Å². The summed E-state index contributed by atoms with van der Waals surface area (Å²) in [7, 11) is 3.15. The molecular formula is C17H16N4O2S. The molecule has 0 unspecified atom stereocenters. The van der Waals surface area contributed by atoms with E-state index >= 15 is 0 Å². The molecule has 0 aliphatic heterocycles. The predicted octanol–water partition coefficient (Wildman–Crippen LogP) is 2.90. The molecule has 0 atom stereocenters. The van der Waals surface area contributed by atoms with Gasteiger partial charge in [-0.25, -0.2) is 0 Å². The van der Waals surface area contributed by atoms with Gasteiger partial charge < -0.3 is 14.8 Å². The molecule has 0 aromatic heterocycles.